The lowest BCUT2D eigenvalue weighted by Crippen LogP contribution is -2.34. The van der Waals surface area contributed by atoms with Crippen LogP contribution in [0.2, 0.25) is 0 Å². The van der Waals surface area contributed by atoms with Gasteiger partial charge in [-0.05, 0) is 56.5 Å². The second-order valence-corrected chi connectivity index (χ2v) is 7.87. The molecular formula is C22H29N5O2. The molecule has 154 valence electrons. The number of hydrogen-bond acceptors (Lipinski definition) is 6. The van der Waals surface area contributed by atoms with Gasteiger partial charge in [0.25, 0.3) is 0 Å². The standard InChI is InChI=1S/C22H29N5O2/c1-14-8-19(28-3)20(29-4)10-17(14)13-26-7-5-6-16(12-26)18-11-21(23)27-22(24-18)9-15(2)25-27/h8-11,16H,5-7,12-13,23H2,1-4H3. The van der Waals surface area contributed by atoms with E-state index in [0.29, 0.717) is 11.7 Å². The van der Waals surface area contributed by atoms with Crippen LogP contribution in [-0.2, 0) is 6.54 Å². The van der Waals surface area contributed by atoms with Crippen molar-refractivity contribution in [3.05, 3.63) is 46.8 Å². The Balaban J connectivity index is 1.55. The molecule has 7 heteroatoms. The van der Waals surface area contributed by atoms with Crippen LogP contribution >= 0.6 is 0 Å². The van der Waals surface area contributed by atoms with Crippen molar-refractivity contribution in [1.29, 1.82) is 0 Å². The second kappa shape index (κ2) is 7.91. The fraction of sp³-hybridized carbons (Fsp3) is 0.455. The molecule has 1 unspecified atom stereocenters. The van der Waals surface area contributed by atoms with Gasteiger partial charge in [-0.25, -0.2) is 4.98 Å². The minimum Gasteiger partial charge on any atom is -0.493 e. The molecule has 2 N–H and O–H groups in total. The number of nitrogens with two attached hydrogens (primary N) is 1. The Bertz CT molecular complexity index is 1030. The largest absolute Gasteiger partial charge is 0.493 e. The zero-order valence-corrected chi connectivity index (χ0v) is 17.6. The molecule has 3 aromatic rings. The molecule has 1 atom stereocenters. The van der Waals surface area contributed by atoms with Crippen molar-refractivity contribution < 1.29 is 9.47 Å². The number of nitrogen functional groups attached to an aromatic ring is 1. The molecule has 3 heterocycles. The highest BCUT2D eigenvalue weighted by molar-refractivity contribution is 5.49. The van der Waals surface area contributed by atoms with Crippen LogP contribution in [0.25, 0.3) is 5.65 Å². The quantitative estimate of drug-likeness (QED) is 0.714. The maximum Gasteiger partial charge on any atom is 0.161 e. The Labute approximate surface area is 171 Å². The molecule has 0 bridgehead atoms. The van der Waals surface area contributed by atoms with Crippen molar-refractivity contribution in [2.24, 2.45) is 0 Å². The smallest absolute Gasteiger partial charge is 0.161 e. The number of piperidine rings is 1. The van der Waals surface area contributed by atoms with Crippen molar-refractivity contribution in [3.8, 4) is 11.5 Å². The first-order chi connectivity index (χ1) is 14.0. The monoisotopic (exact) mass is 395 g/mol. The Kier molecular flexibility index (Phi) is 5.32. The molecule has 1 fully saturated rings. The molecule has 4 rings (SSSR count). The Morgan fingerprint density at radius 3 is 2.62 bits per heavy atom. The lowest BCUT2D eigenvalue weighted by atomic mass is 9.93. The van der Waals surface area contributed by atoms with Gasteiger partial charge in [0.2, 0.25) is 0 Å². The van der Waals surface area contributed by atoms with Crippen LogP contribution < -0.4 is 15.2 Å². The van der Waals surface area contributed by atoms with Crippen LogP contribution in [0, 0.1) is 13.8 Å². The van der Waals surface area contributed by atoms with Crippen molar-refractivity contribution in [2.45, 2.75) is 39.2 Å². The number of likely N-dealkylation sites (tertiary alicyclic amines) is 1. The third kappa shape index (κ3) is 3.87. The number of nitrogens with zero attached hydrogens (tertiary/aromatic N) is 4. The molecule has 0 saturated carbocycles. The van der Waals surface area contributed by atoms with Gasteiger partial charge in [0.15, 0.2) is 17.1 Å². The van der Waals surface area contributed by atoms with Gasteiger partial charge >= 0.3 is 0 Å². The number of methoxy groups -OCH3 is 2. The lowest BCUT2D eigenvalue weighted by molar-refractivity contribution is 0.198. The number of fused-ring (bicyclic) bond motifs is 1. The molecule has 1 aliphatic rings. The van der Waals surface area contributed by atoms with E-state index >= 15 is 0 Å². The van der Waals surface area contributed by atoms with Crippen LogP contribution in [0.3, 0.4) is 0 Å². The van der Waals surface area contributed by atoms with E-state index < -0.39 is 0 Å². The first-order valence-electron chi connectivity index (χ1n) is 10.0. The lowest BCUT2D eigenvalue weighted by Gasteiger charge is -2.33. The fourth-order valence-electron chi connectivity index (χ4n) is 4.22. The van der Waals surface area contributed by atoms with Crippen molar-refractivity contribution in [3.63, 3.8) is 0 Å². The first-order valence-corrected chi connectivity index (χ1v) is 10.0. The summed E-state index contributed by atoms with van der Waals surface area (Å²) in [5, 5.41) is 4.41. The van der Waals surface area contributed by atoms with E-state index in [-0.39, 0.29) is 0 Å². The number of rotatable bonds is 5. The van der Waals surface area contributed by atoms with Crippen molar-refractivity contribution in [1.82, 2.24) is 19.5 Å². The normalized spacial score (nSPS) is 17.6. The van der Waals surface area contributed by atoms with Gasteiger partial charge in [-0.15, -0.1) is 0 Å². The summed E-state index contributed by atoms with van der Waals surface area (Å²) in [6, 6.07) is 8.10. The molecule has 0 aliphatic carbocycles. The molecule has 29 heavy (non-hydrogen) atoms. The van der Waals surface area contributed by atoms with Gasteiger partial charge in [0, 0.05) is 31.1 Å². The molecule has 1 saturated heterocycles. The van der Waals surface area contributed by atoms with Crippen LogP contribution in [0.1, 0.15) is 41.3 Å². The van der Waals surface area contributed by atoms with Gasteiger partial charge in [-0.2, -0.15) is 9.61 Å². The van der Waals surface area contributed by atoms with E-state index in [1.807, 2.05) is 25.1 Å². The summed E-state index contributed by atoms with van der Waals surface area (Å²) in [6.45, 7) is 7.00. The molecule has 0 spiro atoms. The zero-order valence-electron chi connectivity index (χ0n) is 17.6. The maximum absolute atomic E-state index is 6.24. The summed E-state index contributed by atoms with van der Waals surface area (Å²) in [4.78, 5) is 7.34. The predicted octanol–water partition coefficient (Wildman–Crippen LogP) is 3.33. The molecule has 0 radical (unpaired) electrons. The third-order valence-electron chi connectivity index (χ3n) is 5.76. The Morgan fingerprint density at radius 1 is 1.10 bits per heavy atom. The minimum absolute atomic E-state index is 0.367. The average Bonchev–Trinajstić information content (AvgIpc) is 3.10. The van der Waals surface area contributed by atoms with Crippen molar-refractivity contribution >= 4 is 11.5 Å². The van der Waals surface area contributed by atoms with Gasteiger partial charge in [0.1, 0.15) is 5.82 Å². The van der Waals surface area contributed by atoms with E-state index in [1.165, 1.54) is 11.1 Å². The maximum atomic E-state index is 6.24. The summed E-state index contributed by atoms with van der Waals surface area (Å²) in [7, 11) is 3.35. The van der Waals surface area contributed by atoms with E-state index in [2.05, 4.69) is 23.0 Å². The topological polar surface area (TPSA) is 77.9 Å². The summed E-state index contributed by atoms with van der Waals surface area (Å²) in [6.07, 6.45) is 2.26. The summed E-state index contributed by atoms with van der Waals surface area (Å²) < 4.78 is 12.6. The van der Waals surface area contributed by atoms with Gasteiger partial charge in [-0.3, -0.25) is 4.90 Å². The molecule has 2 aromatic heterocycles. The number of aromatic nitrogens is 3. The Morgan fingerprint density at radius 2 is 1.86 bits per heavy atom. The molecule has 1 aromatic carbocycles. The van der Waals surface area contributed by atoms with Gasteiger partial charge in [-0.1, -0.05) is 0 Å². The zero-order chi connectivity index (χ0) is 20.5. The highest BCUT2D eigenvalue weighted by Gasteiger charge is 2.24. The third-order valence-corrected chi connectivity index (χ3v) is 5.76. The van der Waals surface area contributed by atoms with Crippen LogP contribution in [-0.4, -0.2) is 46.8 Å². The molecule has 0 amide bonds. The summed E-state index contributed by atoms with van der Waals surface area (Å²) in [5.41, 5.74) is 11.5. The summed E-state index contributed by atoms with van der Waals surface area (Å²) >= 11 is 0. The van der Waals surface area contributed by atoms with E-state index in [1.54, 1.807) is 18.7 Å². The fourth-order valence-corrected chi connectivity index (χ4v) is 4.22. The average molecular weight is 396 g/mol. The summed E-state index contributed by atoms with van der Waals surface area (Å²) in [5.74, 6) is 2.56. The van der Waals surface area contributed by atoms with Crippen LogP contribution in [0.15, 0.2) is 24.3 Å². The van der Waals surface area contributed by atoms with Crippen molar-refractivity contribution in [2.75, 3.05) is 33.0 Å². The number of benzene rings is 1. The predicted molar refractivity (Wildman–Crippen MR) is 114 cm³/mol. The van der Waals surface area contributed by atoms with E-state index in [4.69, 9.17) is 20.2 Å². The number of ether oxygens (including phenoxy) is 2. The van der Waals surface area contributed by atoms with Gasteiger partial charge in [0.05, 0.1) is 25.6 Å². The first kappa shape index (κ1) is 19.5. The second-order valence-electron chi connectivity index (χ2n) is 7.87. The highest BCUT2D eigenvalue weighted by atomic mass is 16.5. The molecule has 7 nitrogen and oxygen atoms in total. The Hall–Kier alpha value is -2.80. The van der Waals surface area contributed by atoms with E-state index in [0.717, 1.165) is 61.0 Å². The molecular weight excluding hydrogens is 366 g/mol. The van der Waals surface area contributed by atoms with Gasteiger partial charge < -0.3 is 15.2 Å². The minimum atomic E-state index is 0.367. The number of anilines is 1. The van der Waals surface area contributed by atoms with E-state index in [9.17, 15) is 0 Å². The van der Waals surface area contributed by atoms with Crippen LogP contribution in [0.5, 0.6) is 11.5 Å². The van der Waals surface area contributed by atoms with Crippen LogP contribution in [0.4, 0.5) is 5.82 Å². The number of aryl methyl sites for hydroxylation is 2. The molecule has 1 aliphatic heterocycles. The number of hydrogen-bond donors (Lipinski definition) is 1. The highest BCUT2D eigenvalue weighted by Crippen LogP contribution is 2.33. The SMILES string of the molecule is COc1cc(C)c(CN2CCCC(c3cc(N)n4nc(C)cc4n3)C2)cc1OC.